The molecule has 0 N–H and O–H groups in total. The Kier molecular flexibility index (Phi) is 2.82. The van der Waals surface area contributed by atoms with Gasteiger partial charge in [0.2, 0.25) is 0 Å². The minimum absolute atomic E-state index is 1.14. The largest absolute Gasteiger partial charge is 0.126 e. The molecule has 0 amide bonds. The average Bonchev–Trinajstić information content (AvgIpc) is 1.88. The van der Waals surface area contributed by atoms with Gasteiger partial charge in [0.15, 0.2) is 0 Å². The first-order valence-electron chi connectivity index (χ1n) is 3.44. The lowest BCUT2D eigenvalue weighted by molar-refractivity contribution is 1.34. The zero-order valence-corrected chi connectivity index (χ0v) is 7.16. The molecule has 1 radical (unpaired) electrons. The van der Waals surface area contributed by atoms with Gasteiger partial charge < -0.3 is 0 Å². The molecule has 0 saturated heterocycles. The van der Waals surface area contributed by atoms with E-state index in [1.165, 1.54) is 10.5 Å². The van der Waals surface area contributed by atoms with E-state index in [9.17, 15) is 0 Å². The molecule has 0 aromatic heterocycles. The van der Waals surface area contributed by atoms with Crippen LogP contribution in [0.1, 0.15) is 12.5 Å². The number of rotatable bonds is 2. The smallest absolute Gasteiger partial charge is 0.00749 e. The van der Waals surface area contributed by atoms with Crippen molar-refractivity contribution in [1.29, 1.82) is 0 Å². The lowest BCUT2D eigenvalue weighted by Crippen LogP contribution is -1.74. The molecule has 0 heterocycles. The van der Waals surface area contributed by atoms with E-state index in [-0.39, 0.29) is 0 Å². The third kappa shape index (κ3) is 2.07. The molecule has 0 bridgehead atoms. The second-order valence-electron chi connectivity index (χ2n) is 2.14. The molecule has 1 aromatic rings. The number of aryl methyl sites for hydroxylation is 1. The van der Waals surface area contributed by atoms with Crippen molar-refractivity contribution in [3.8, 4) is 0 Å². The van der Waals surface area contributed by atoms with Gasteiger partial charge in [-0.1, -0.05) is 13.0 Å². The van der Waals surface area contributed by atoms with Crippen molar-refractivity contribution in [2.24, 2.45) is 0 Å². The van der Waals surface area contributed by atoms with Crippen LogP contribution in [0.2, 0.25) is 0 Å². The van der Waals surface area contributed by atoms with Crippen LogP contribution in [0.5, 0.6) is 0 Å². The minimum Gasteiger partial charge on any atom is -0.126 e. The molecular weight excluding hydrogens is 140 g/mol. The molecule has 0 aliphatic rings. The highest BCUT2D eigenvalue weighted by molar-refractivity contribution is 7.99. The van der Waals surface area contributed by atoms with Crippen LogP contribution in [0.4, 0.5) is 0 Å². The van der Waals surface area contributed by atoms with Crippen LogP contribution in [0, 0.1) is 13.0 Å². The Morgan fingerprint density at radius 1 is 1.60 bits per heavy atom. The van der Waals surface area contributed by atoms with Crippen LogP contribution >= 0.6 is 11.8 Å². The van der Waals surface area contributed by atoms with Crippen molar-refractivity contribution in [1.82, 2.24) is 0 Å². The van der Waals surface area contributed by atoms with Gasteiger partial charge in [-0.05, 0) is 36.4 Å². The van der Waals surface area contributed by atoms with Crippen LogP contribution in [0.15, 0.2) is 23.1 Å². The van der Waals surface area contributed by atoms with Crippen molar-refractivity contribution in [3.05, 3.63) is 29.8 Å². The van der Waals surface area contributed by atoms with Crippen LogP contribution in [0.3, 0.4) is 0 Å². The summed E-state index contributed by atoms with van der Waals surface area (Å²) in [6.45, 7) is 4.23. The third-order valence-electron chi connectivity index (χ3n) is 1.23. The summed E-state index contributed by atoms with van der Waals surface area (Å²) in [5.41, 5.74) is 1.22. The SMILES string of the molecule is CCSc1cc[c]c(C)c1. The molecule has 0 fully saturated rings. The fourth-order valence-corrected chi connectivity index (χ4v) is 1.57. The number of hydrogen-bond acceptors (Lipinski definition) is 1. The summed E-state index contributed by atoms with van der Waals surface area (Å²) in [7, 11) is 0. The van der Waals surface area contributed by atoms with Gasteiger partial charge in [0.25, 0.3) is 0 Å². The molecule has 1 aromatic carbocycles. The molecule has 1 heteroatoms. The third-order valence-corrected chi connectivity index (χ3v) is 2.10. The van der Waals surface area contributed by atoms with E-state index in [1.807, 2.05) is 17.8 Å². The quantitative estimate of drug-likeness (QED) is 0.586. The summed E-state index contributed by atoms with van der Waals surface area (Å²) in [6.07, 6.45) is 0. The van der Waals surface area contributed by atoms with E-state index < -0.39 is 0 Å². The first-order valence-corrected chi connectivity index (χ1v) is 4.42. The van der Waals surface area contributed by atoms with Gasteiger partial charge in [-0.2, -0.15) is 0 Å². The summed E-state index contributed by atoms with van der Waals surface area (Å²) in [5.74, 6) is 1.14. The average molecular weight is 151 g/mol. The van der Waals surface area contributed by atoms with Gasteiger partial charge in [-0.15, -0.1) is 11.8 Å². The Bertz CT molecular complexity index is 206. The molecule has 10 heavy (non-hydrogen) atoms. The number of benzene rings is 1. The van der Waals surface area contributed by atoms with Crippen molar-refractivity contribution in [2.75, 3.05) is 5.75 Å². The highest BCUT2D eigenvalue weighted by atomic mass is 32.2. The molecule has 0 aliphatic carbocycles. The van der Waals surface area contributed by atoms with Gasteiger partial charge in [0, 0.05) is 4.90 Å². The molecule has 0 saturated carbocycles. The second-order valence-corrected chi connectivity index (χ2v) is 3.48. The summed E-state index contributed by atoms with van der Waals surface area (Å²) >= 11 is 1.87. The van der Waals surface area contributed by atoms with Crippen LogP contribution in [-0.2, 0) is 0 Å². The van der Waals surface area contributed by atoms with E-state index in [4.69, 9.17) is 0 Å². The van der Waals surface area contributed by atoms with E-state index in [0.717, 1.165) is 5.75 Å². The Labute approximate surface area is 66.6 Å². The molecule has 0 unspecified atom stereocenters. The van der Waals surface area contributed by atoms with Crippen molar-refractivity contribution in [2.45, 2.75) is 18.7 Å². The minimum atomic E-state index is 1.14. The number of hydrogen-bond donors (Lipinski definition) is 0. The summed E-state index contributed by atoms with van der Waals surface area (Å²) in [5, 5.41) is 0. The van der Waals surface area contributed by atoms with Crippen molar-refractivity contribution >= 4 is 11.8 Å². The first kappa shape index (κ1) is 7.67. The van der Waals surface area contributed by atoms with Crippen molar-refractivity contribution < 1.29 is 0 Å². The van der Waals surface area contributed by atoms with E-state index >= 15 is 0 Å². The Morgan fingerprint density at radius 3 is 3.00 bits per heavy atom. The number of thioether (sulfide) groups is 1. The lowest BCUT2D eigenvalue weighted by Gasteiger charge is -1.97. The molecule has 53 valence electrons. The highest BCUT2D eigenvalue weighted by Crippen LogP contribution is 2.17. The summed E-state index contributed by atoms with van der Waals surface area (Å²) in [6, 6.07) is 9.36. The Morgan fingerprint density at radius 2 is 2.40 bits per heavy atom. The van der Waals surface area contributed by atoms with Gasteiger partial charge in [-0.25, -0.2) is 0 Å². The van der Waals surface area contributed by atoms with Crippen LogP contribution < -0.4 is 0 Å². The fraction of sp³-hybridized carbons (Fsp3) is 0.333. The predicted octanol–water partition coefficient (Wildman–Crippen LogP) is 2.91. The first-order chi connectivity index (χ1) is 4.83. The zero-order valence-electron chi connectivity index (χ0n) is 6.35. The van der Waals surface area contributed by atoms with Crippen LogP contribution in [0.25, 0.3) is 0 Å². The molecule has 0 nitrogen and oxygen atoms in total. The standard InChI is InChI=1S/C9H11S/c1-3-10-9-6-4-5-8(2)7-9/h4,6-7H,3H2,1-2H3. The predicted molar refractivity (Wildman–Crippen MR) is 46.4 cm³/mol. The van der Waals surface area contributed by atoms with Gasteiger partial charge >= 0.3 is 0 Å². The molecule has 0 spiro atoms. The molecular formula is C9H11S. The van der Waals surface area contributed by atoms with Crippen molar-refractivity contribution in [3.63, 3.8) is 0 Å². The summed E-state index contributed by atoms with van der Waals surface area (Å²) in [4.78, 5) is 1.35. The Hall–Kier alpha value is -0.430. The maximum atomic E-state index is 3.12. The fourth-order valence-electron chi connectivity index (χ4n) is 0.815. The van der Waals surface area contributed by atoms with Gasteiger partial charge in [0.1, 0.15) is 0 Å². The molecule has 0 aliphatic heterocycles. The molecule has 0 atom stereocenters. The Balaban J connectivity index is 2.75. The second kappa shape index (κ2) is 3.67. The van der Waals surface area contributed by atoms with E-state index in [0.29, 0.717) is 0 Å². The van der Waals surface area contributed by atoms with Gasteiger partial charge in [0.05, 0.1) is 0 Å². The van der Waals surface area contributed by atoms with Gasteiger partial charge in [-0.3, -0.25) is 0 Å². The normalized spacial score (nSPS) is 9.80. The monoisotopic (exact) mass is 151 g/mol. The van der Waals surface area contributed by atoms with E-state index in [1.54, 1.807) is 0 Å². The maximum Gasteiger partial charge on any atom is 0.00749 e. The topological polar surface area (TPSA) is 0 Å². The highest BCUT2D eigenvalue weighted by Gasteiger charge is 1.89. The lowest BCUT2D eigenvalue weighted by atomic mass is 10.2. The zero-order chi connectivity index (χ0) is 7.40. The molecule has 1 rings (SSSR count). The van der Waals surface area contributed by atoms with Crippen LogP contribution in [-0.4, -0.2) is 5.75 Å². The summed E-state index contributed by atoms with van der Waals surface area (Å²) < 4.78 is 0. The maximum absolute atomic E-state index is 3.12. The van der Waals surface area contributed by atoms with E-state index in [2.05, 4.69) is 32.0 Å².